The van der Waals surface area contributed by atoms with Gasteiger partial charge in [0, 0.05) is 11.1 Å². The fourth-order valence-electron chi connectivity index (χ4n) is 1.69. The van der Waals surface area contributed by atoms with Crippen LogP contribution in [0.15, 0.2) is 18.5 Å². The topological polar surface area (TPSA) is 35.0 Å². The van der Waals surface area contributed by atoms with E-state index in [1.165, 1.54) is 19.2 Å². The van der Waals surface area contributed by atoms with Gasteiger partial charge in [-0.25, -0.2) is 9.97 Å². The molecule has 0 radical (unpaired) electrons. The minimum atomic E-state index is -4.51. The second-order valence-corrected chi connectivity index (χ2v) is 3.50. The summed E-state index contributed by atoms with van der Waals surface area (Å²) in [5, 5.41) is 0.376. The molecule has 0 fully saturated rings. The molecule has 0 bridgehead atoms. The molecule has 0 unspecified atom stereocenters. The van der Waals surface area contributed by atoms with Crippen molar-refractivity contribution in [3.05, 3.63) is 29.7 Å². The summed E-state index contributed by atoms with van der Waals surface area (Å²) in [5.74, 6) is -0.233. The SMILES string of the molecule is CC.COc1ccc2c(C)ncnc2c1C(F)(F)F. The molecule has 0 saturated heterocycles. The molecule has 0 aliphatic rings. The molecule has 0 saturated carbocycles. The van der Waals surface area contributed by atoms with Crippen molar-refractivity contribution in [1.82, 2.24) is 9.97 Å². The Bertz CT molecular complexity index is 568. The Kier molecular flexibility index (Phi) is 4.69. The number of aromatic nitrogens is 2. The lowest BCUT2D eigenvalue weighted by Crippen LogP contribution is -2.09. The third kappa shape index (κ3) is 2.94. The maximum Gasteiger partial charge on any atom is 0.422 e. The molecule has 0 aliphatic carbocycles. The Hall–Kier alpha value is -1.85. The molecule has 1 aromatic heterocycles. The van der Waals surface area contributed by atoms with Crippen LogP contribution in [0.3, 0.4) is 0 Å². The molecule has 2 rings (SSSR count). The van der Waals surface area contributed by atoms with Gasteiger partial charge in [0.15, 0.2) is 0 Å². The van der Waals surface area contributed by atoms with Gasteiger partial charge in [0.25, 0.3) is 0 Å². The molecule has 6 heteroatoms. The van der Waals surface area contributed by atoms with Crippen LogP contribution in [-0.4, -0.2) is 17.1 Å². The van der Waals surface area contributed by atoms with Crippen LogP contribution in [0, 0.1) is 6.92 Å². The van der Waals surface area contributed by atoms with Crippen molar-refractivity contribution < 1.29 is 17.9 Å². The highest BCUT2D eigenvalue weighted by Gasteiger charge is 2.37. The lowest BCUT2D eigenvalue weighted by molar-refractivity contribution is -0.137. The molecule has 2 aromatic rings. The van der Waals surface area contributed by atoms with E-state index in [1.807, 2.05) is 13.8 Å². The van der Waals surface area contributed by atoms with Crippen LogP contribution in [0.4, 0.5) is 13.2 Å². The van der Waals surface area contributed by atoms with Gasteiger partial charge >= 0.3 is 6.18 Å². The van der Waals surface area contributed by atoms with E-state index in [1.54, 1.807) is 6.92 Å². The number of benzene rings is 1. The van der Waals surface area contributed by atoms with E-state index < -0.39 is 11.7 Å². The quantitative estimate of drug-likeness (QED) is 0.787. The van der Waals surface area contributed by atoms with Crippen molar-refractivity contribution in [2.24, 2.45) is 0 Å². The zero-order chi connectivity index (χ0) is 14.6. The summed E-state index contributed by atoms with van der Waals surface area (Å²) in [6.07, 6.45) is -3.39. The molecule has 19 heavy (non-hydrogen) atoms. The van der Waals surface area contributed by atoms with Gasteiger partial charge in [0.2, 0.25) is 0 Å². The summed E-state index contributed by atoms with van der Waals surface area (Å²) in [6, 6.07) is 2.81. The summed E-state index contributed by atoms with van der Waals surface area (Å²) >= 11 is 0. The lowest BCUT2D eigenvalue weighted by Gasteiger charge is -2.14. The third-order valence-corrected chi connectivity index (χ3v) is 2.47. The van der Waals surface area contributed by atoms with Crippen molar-refractivity contribution in [3.63, 3.8) is 0 Å². The minimum absolute atomic E-state index is 0.135. The predicted octanol–water partition coefficient (Wildman–Crippen LogP) is 3.99. The van der Waals surface area contributed by atoms with Gasteiger partial charge in [-0.2, -0.15) is 13.2 Å². The van der Waals surface area contributed by atoms with E-state index in [2.05, 4.69) is 9.97 Å². The van der Waals surface area contributed by atoms with Gasteiger partial charge in [0.1, 0.15) is 17.6 Å². The number of hydrogen-bond acceptors (Lipinski definition) is 3. The fraction of sp³-hybridized carbons (Fsp3) is 0.385. The van der Waals surface area contributed by atoms with Crippen LogP contribution in [0.5, 0.6) is 5.75 Å². The van der Waals surface area contributed by atoms with Gasteiger partial charge in [-0.3, -0.25) is 0 Å². The Morgan fingerprint density at radius 2 is 1.74 bits per heavy atom. The molecule has 0 spiro atoms. The first-order valence-electron chi connectivity index (χ1n) is 5.80. The van der Waals surface area contributed by atoms with Crippen LogP contribution in [-0.2, 0) is 6.18 Å². The van der Waals surface area contributed by atoms with Crippen LogP contribution in [0.25, 0.3) is 10.9 Å². The molecule has 1 heterocycles. The Morgan fingerprint density at radius 3 is 2.26 bits per heavy atom. The standard InChI is InChI=1S/C11H9F3N2O.C2H6/c1-6-7-3-4-8(17-2)9(11(12,13)14)10(7)16-5-15-6;1-2/h3-5H,1-2H3;1-2H3. The lowest BCUT2D eigenvalue weighted by atomic mass is 10.1. The second kappa shape index (κ2) is 5.86. The van der Waals surface area contributed by atoms with Gasteiger partial charge in [-0.1, -0.05) is 13.8 Å². The van der Waals surface area contributed by atoms with Crippen molar-refractivity contribution in [1.29, 1.82) is 0 Å². The molecule has 1 aromatic carbocycles. The number of alkyl halides is 3. The first-order valence-corrected chi connectivity index (χ1v) is 5.80. The van der Waals surface area contributed by atoms with Crippen molar-refractivity contribution in [3.8, 4) is 5.75 Å². The van der Waals surface area contributed by atoms with Gasteiger partial charge < -0.3 is 4.74 Å². The Balaban J connectivity index is 0.000000861. The van der Waals surface area contributed by atoms with E-state index in [-0.39, 0.29) is 11.3 Å². The Morgan fingerprint density at radius 1 is 1.11 bits per heavy atom. The van der Waals surface area contributed by atoms with E-state index in [4.69, 9.17) is 4.74 Å². The molecule has 3 nitrogen and oxygen atoms in total. The van der Waals surface area contributed by atoms with E-state index in [0.717, 1.165) is 6.33 Å². The van der Waals surface area contributed by atoms with Crippen LogP contribution < -0.4 is 4.74 Å². The molecule has 0 N–H and O–H groups in total. The van der Waals surface area contributed by atoms with E-state index in [0.29, 0.717) is 11.1 Å². The molecule has 0 aliphatic heterocycles. The second-order valence-electron chi connectivity index (χ2n) is 3.50. The number of nitrogens with zero attached hydrogens (tertiary/aromatic N) is 2. The third-order valence-electron chi connectivity index (χ3n) is 2.47. The zero-order valence-corrected chi connectivity index (χ0v) is 11.2. The molecule has 104 valence electrons. The van der Waals surface area contributed by atoms with Crippen molar-refractivity contribution in [2.45, 2.75) is 26.9 Å². The van der Waals surface area contributed by atoms with Crippen molar-refractivity contribution in [2.75, 3.05) is 7.11 Å². The number of fused-ring (bicyclic) bond motifs is 1. The van der Waals surface area contributed by atoms with Gasteiger partial charge in [-0.15, -0.1) is 0 Å². The maximum atomic E-state index is 13.0. The summed E-state index contributed by atoms with van der Waals surface area (Å²) < 4.78 is 43.6. The Labute approximate surface area is 109 Å². The minimum Gasteiger partial charge on any atom is -0.496 e. The summed E-state index contributed by atoms with van der Waals surface area (Å²) in [4.78, 5) is 7.57. The predicted molar refractivity (Wildman–Crippen MR) is 67.2 cm³/mol. The summed E-state index contributed by atoms with van der Waals surface area (Å²) in [5.41, 5.74) is -0.490. The number of hydrogen-bond donors (Lipinski definition) is 0. The molecule has 0 atom stereocenters. The normalized spacial score (nSPS) is 10.9. The van der Waals surface area contributed by atoms with Crippen LogP contribution in [0.1, 0.15) is 25.1 Å². The number of halogens is 3. The number of aryl methyl sites for hydroxylation is 1. The number of methoxy groups -OCH3 is 1. The van der Waals surface area contributed by atoms with E-state index in [9.17, 15) is 13.2 Å². The maximum absolute atomic E-state index is 13.0. The van der Waals surface area contributed by atoms with E-state index >= 15 is 0 Å². The van der Waals surface area contributed by atoms with Gasteiger partial charge in [0.05, 0.1) is 12.6 Å². The first-order chi connectivity index (χ1) is 8.95. The first kappa shape index (κ1) is 15.2. The molecule has 0 amide bonds. The van der Waals surface area contributed by atoms with Crippen LogP contribution >= 0.6 is 0 Å². The van der Waals surface area contributed by atoms with Crippen LogP contribution in [0.2, 0.25) is 0 Å². The number of ether oxygens (including phenoxy) is 1. The monoisotopic (exact) mass is 272 g/mol. The zero-order valence-electron chi connectivity index (χ0n) is 11.2. The molecular weight excluding hydrogens is 257 g/mol. The fourth-order valence-corrected chi connectivity index (χ4v) is 1.69. The summed E-state index contributed by atoms with van der Waals surface area (Å²) in [7, 11) is 1.20. The average molecular weight is 272 g/mol. The summed E-state index contributed by atoms with van der Waals surface area (Å²) in [6.45, 7) is 5.64. The van der Waals surface area contributed by atoms with Crippen molar-refractivity contribution >= 4 is 10.9 Å². The number of rotatable bonds is 1. The highest BCUT2D eigenvalue weighted by Crippen LogP contribution is 2.40. The highest BCUT2D eigenvalue weighted by molar-refractivity contribution is 5.86. The largest absolute Gasteiger partial charge is 0.496 e. The average Bonchev–Trinajstić information content (AvgIpc) is 2.39. The smallest absolute Gasteiger partial charge is 0.422 e. The molecular formula is C13H15F3N2O. The highest BCUT2D eigenvalue weighted by atomic mass is 19.4. The van der Waals surface area contributed by atoms with Gasteiger partial charge in [-0.05, 0) is 19.1 Å².